The van der Waals surface area contributed by atoms with Gasteiger partial charge in [0, 0.05) is 9.86 Å². The smallest absolute Gasteiger partial charge is 0.339 e. The Bertz CT molecular complexity index is 598. The summed E-state index contributed by atoms with van der Waals surface area (Å²) < 4.78 is 0.878. The van der Waals surface area contributed by atoms with E-state index in [1.807, 2.05) is 12.1 Å². The van der Waals surface area contributed by atoms with E-state index < -0.39 is 5.97 Å². The zero-order valence-electron chi connectivity index (χ0n) is 8.29. The van der Waals surface area contributed by atoms with E-state index in [9.17, 15) is 4.79 Å². The number of aromatic carboxylic acids is 1. The predicted molar refractivity (Wildman–Crippen MR) is 66.1 cm³/mol. The highest BCUT2D eigenvalue weighted by molar-refractivity contribution is 9.10. The lowest BCUT2D eigenvalue weighted by Crippen LogP contribution is -2.03. The third-order valence-electron chi connectivity index (χ3n) is 2.38. The van der Waals surface area contributed by atoms with Crippen molar-refractivity contribution < 1.29 is 9.90 Å². The molecule has 16 heavy (non-hydrogen) atoms. The number of carbonyl (C=O) groups is 1. The number of benzene rings is 1. The van der Waals surface area contributed by atoms with E-state index in [0.29, 0.717) is 11.1 Å². The van der Waals surface area contributed by atoms with Crippen molar-refractivity contribution in [2.75, 3.05) is 0 Å². The molecular weight excluding hydrogens is 293 g/mol. The molecule has 0 atom stereocenters. The number of fused-ring (bicyclic) bond motifs is 1. The lowest BCUT2D eigenvalue weighted by Gasteiger charge is -2.07. The first-order valence-corrected chi connectivity index (χ1v) is 5.66. The molecule has 0 radical (unpaired) electrons. The second kappa shape index (κ2) is 4.03. The molecule has 0 saturated heterocycles. The Hall–Kier alpha value is -1.13. The number of carboxylic acids is 1. The molecule has 0 aliphatic carbocycles. The Balaban J connectivity index is 2.90. The summed E-state index contributed by atoms with van der Waals surface area (Å²) >= 11 is 9.18. The summed E-state index contributed by atoms with van der Waals surface area (Å²) in [4.78, 5) is 15.1. The van der Waals surface area contributed by atoms with Crippen LogP contribution in [0.4, 0.5) is 0 Å². The minimum Gasteiger partial charge on any atom is -0.478 e. The van der Waals surface area contributed by atoms with Crippen molar-refractivity contribution in [2.24, 2.45) is 0 Å². The number of hydrogen-bond donors (Lipinski definition) is 1. The first-order valence-electron chi connectivity index (χ1n) is 4.49. The molecule has 0 aliphatic rings. The number of hydrogen-bond acceptors (Lipinski definition) is 2. The fraction of sp³-hybridized carbons (Fsp3) is 0.0909. The molecule has 0 saturated carbocycles. The Morgan fingerprint density at radius 3 is 2.81 bits per heavy atom. The largest absolute Gasteiger partial charge is 0.478 e. The molecule has 0 bridgehead atoms. The van der Waals surface area contributed by atoms with Crippen LogP contribution in [-0.2, 0) is 0 Å². The van der Waals surface area contributed by atoms with E-state index in [0.717, 1.165) is 9.86 Å². The first-order chi connectivity index (χ1) is 7.50. The molecule has 1 N–H and O–H groups in total. The fourth-order valence-electron chi connectivity index (χ4n) is 1.61. The zero-order valence-corrected chi connectivity index (χ0v) is 10.6. The summed E-state index contributed by atoms with van der Waals surface area (Å²) in [5, 5.41) is 9.85. The van der Waals surface area contributed by atoms with Crippen molar-refractivity contribution >= 4 is 44.4 Å². The van der Waals surface area contributed by atoms with E-state index in [1.165, 1.54) is 0 Å². The highest BCUT2D eigenvalue weighted by Gasteiger charge is 2.16. The molecule has 0 fully saturated rings. The summed E-state index contributed by atoms with van der Waals surface area (Å²) in [6.45, 7) is 1.73. The zero-order chi connectivity index (χ0) is 11.9. The van der Waals surface area contributed by atoms with Crippen molar-refractivity contribution in [2.45, 2.75) is 6.92 Å². The molecule has 1 aromatic heterocycles. The topological polar surface area (TPSA) is 50.2 Å². The number of rotatable bonds is 1. The SMILES string of the molecule is Cc1c(C(=O)O)c(Cl)nc2ccc(Br)cc12. The number of halogens is 2. The van der Waals surface area contributed by atoms with Gasteiger partial charge in [0.25, 0.3) is 0 Å². The van der Waals surface area contributed by atoms with Gasteiger partial charge in [0.2, 0.25) is 0 Å². The van der Waals surface area contributed by atoms with E-state index in [2.05, 4.69) is 20.9 Å². The number of aromatic nitrogens is 1. The van der Waals surface area contributed by atoms with Gasteiger partial charge in [-0.2, -0.15) is 0 Å². The van der Waals surface area contributed by atoms with Crippen LogP contribution in [0.2, 0.25) is 5.15 Å². The second-order valence-electron chi connectivity index (χ2n) is 3.37. The molecular formula is C11H7BrClNO2. The molecule has 0 unspecified atom stereocenters. The summed E-state index contributed by atoms with van der Waals surface area (Å²) in [6.07, 6.45) is 0. The van der Waals surface area contributed by atoms with Crippen molar-refractivity contribution in [3.05, 3.63) is 39.0 Å². The minimum atomic E-state index is -1.06. The van der Waals surface area contributed by atoms with Gasteiger partial charge in [0.1, 0.15) is 10.7 Å². The van der Waals surface area contributed by atoms with Gasteiger partial charge in [0.15, 0.2) is 0 Å². The Morgan fingerprint density at radius 2 is 2.19 bits per heavy atom. The molecule has 0 amide bonds. The normalized spacial score (nSPS) is 10.7. The highest BCUT2D eigenvalue weighted by atomic mass is 79.9. The fourth-order valence-corrected chi connectivity index (χ4v) is 2.28. The maximum atomic E-state index is 11.0. The predicted octanol–water partition coefficient (Wildman–Crippen LogP) is 3.66. The minimum absolute atomic E-state index is 0.0276. The van der Waals surface area contributed by atoms with Gasteiger partial charge in [-0.25, -0.2) is 9.78 Å². The van der Waals surface area contributed by atoms with Gasteiger partial charge in [-0.3, -0.25) is 0 Å². The highest BCUT2D eigenvalue weighted by Crippen LogP contribution is 2.28. The summed E-state index contributed by atoms with van der Waals surface area (Å²) in [5.41, 5.74) is 1.38. The van der Waals surface area contributed by atoms with Crippen LogP contribution in [0.5, 0.6) is 0 Å². The van der Waals surface area contributed by atoms with Gasteiger partial charge in [-0.05, 0) is 30.7 Å². The van der Waals surface area contributed by atoms with E-state index >= 15 is 0 Å². The number of nitrogens with zero attached hydrogens (tertiary/aromatic N) is 1. The van der Waals surface area contributed by atoms with Gasteiger partial charge < -0.3 is 5.11 Å². The molecule has 82 valence electrons. The Labute approximate surface area is 105 Å². The number of carboxylic acid groups (broad SMARTS) is 1. The average molecular weight is 301 g/mol. The van der Waals surface area contributed by atoms with Crippen LogP contribution in [0.1, 0.15) is 15.9 Å². The summed E-state index contributed by atoms with van der Waals surface area (Å²) in [6, 6.07) is 5.47. The number of aryl methyl sites for hydroxylation is 1. The van der Waals surface area contributed by atoms with Gasteiger partial charge in [-0.15, -0.1) is 0 Å². The monoisotopic (exact) mass is 299 g/mol. The maximum Gasteiger partial charge on any atom is 0.339 e. The van der Waals surface area contributed by atoms with Gasteiger partial charge in [0.05, 0.1) is 5.52 Å². The first kappa shape index (κ1) is 11.4. The van der Waals surface area contributed by atoms with Crippen LogP contribution >= 0.6 is 27.5 Å². The lowest BCUT2D eigenvalue weighted by atomic mass is 10.1. The van der Waals surface area contributed by atoms with E-state index in [1.54, 1.807) is 13.0 Å². The molecule has 1 aromatic carbocycles. The van der Waals surface area contributed by atoms with Crippen LogP contribution in [-0.4, -0.2) is 16.1 Å². The average Bonchev–Trinajstić information content (AvgIpc) is 2.19. The maximum absolute atomic E-state index is 11.0. The van der Waals surface area contributed by atoms with Gasteiger partial charge in [-0.1, -0.05) is 27.5 Å². The Kier molecular flexibility index (Phi) is 2.86. The van der Waals surface area contributed by atoms with Crippen LogP contribution in [0, 0.1) is 6.92 Å². The third-order valence-corrected chi connectivity index (χ3v) is 3.14. The molecule has 2 rings (SSSR count). The van der Waals surface area contributed by atoms with Crippen LogP contribution < -0.4 is 0 Å². The standard InChI is InChI=1S/C11H7BrClNO2/c1-5-7-4-6(12)2-3-8(7)14-10(13)9(5)11(15)16/h2-4H,1H3,(H,15,16). The van der Waals surface area contributed by atoms with Crippen LogP contribution in [0.25, 0.3) is 10.9 Å². The van der Waals surface area contributed by atoms with Crippen molar-refractivity contribution in [3.63, 3.8) is 0 Å². The van der Waals surface area contributed by atoms with Crippen LogP contribution in [0.3, 0.4) is 0 Å². The quantitative estimate of drug-likeness (QED) is 0.818. The van der Waals surface area contributed by atoms with Crippen molar-refractivity contribution in [3.8, 4) is 0 Å². The van der Waals surface area contributed by atoms with Gasteiger partial charge >= 0.3 is 5.97 Å². The van der Waals surface area contributed by atoms with Crippen LogP contribution in [0.15, 0.2) is 22.7 Å². The molecule has 3 nitrogen and oxygen atoms in total. The van der Waals surface area contributed by atoms with E-state index in [-0.39, 0.29) is 10.7 Å². The lowest BCUT2D eigenvalue weighted by molar-refractivity contribution is 0.0696. The molecule has 2 aromatic rings. The number of pyridine rings is 1. The van der Waals surface area contributed by atoms with Crippen molar-refractivity contribution in [1.29, 1.82) is 0 Å². The third kappa shape index (κ3) is 1.79. The molecule has 0 aliphatic heterocycles. The second-order valence-corrected chi connectivity index (χ2v) is 4.64. The summed E-state index contributed by atoms with van der Waals surface area (Å²) in [7, 11) is 0. The molecule has 1 heterocycles. The van der Waals surface area contributed by atoms with Crippen molar-refractivity contribution in [1.82, 2.24) is 4.98 Å². The summed E-state index contributed by atoms with van der Waals surface area (Å²) in [5.74, 6) is -1.06. The Morgan fingerprint density at radius 1 is 1.50 bits per heavy atom. The molecule has 5 heteroatoms. The molecule has 0 spiro atoms. The van der Waals surface area contributed by atoms with E-state index in [4.69, 9.17) is 16.7 Å².